The van der Waals surface area contributed by atoms with E-state index in [2.05, 4.69) is 20.9 Å². The second-order valence-corrected chi connectivity index (χ2v) is 4.28. The Morgan fingerprint density at radius 3 is 2.89 bits per heavy atom. The van der Waals surface area contributed by atoms with Crippen LogP contribution in [-0.4, -0.2) is 16.0 Å². The van der Waals surface area contributed by atoms with Crippen LogP contribution in [-0.2, 0) is 6.54 Å². The van der Waals surface area contributed by atoms with Gasteiger partial charge < -0.3 is 9.32 Å². The minimum atomic E-state index is 0.371. The second-order valence-electron chi connectivity index (χ2n) is 4.28. The zero-order valence-electron chi connectivity index (χ0n) is 9.78. The first-order valence-corrected chi connectivity index (χ1v) is 5.88. The van der Waals surface area contributed by atoms with Crippen LogP contribution < -0.4 is 4.90 Å². The Labute approximate surface area is 105 Å². The number of anilines is 1. The van der Waals surface area contributed by atoms with Crippen molar-refractivity contribution < 1.29 is 4.42 Å². The van der Waals surface area contributed by atoms with E-state index >= 15 is 0 Å². The minimum absolute atomic E-state index is 0.371. The van der Waals surface area contributed by atoms with Crippen LogP contribution in [0.5, 0.6) is 0 Å². The zero-order chi connectivity index (χ0) is 12.4. The Bertz CT molecular complexity index is 569. The molecule has 1 saturated carbocycles. The van der Waals surface area contributed by atoms with Gasteiger partial charge in [-0.3, -0.25) is 0 Å². The zero-order valence-corrected chi connectivity index (χ0v) is 9.78. The normalized spacial score (nSPS) is 14.2. The van der Waals surface area contributed by atoms with Crippen LogP contribution >= 0.6 is 0 Å². The third-order valence-corrected chi connectivity index (χ3v) is 2.95. The molecular formula is C13H12N4O. The van der Waals surface area contributed by atoms with E-state index in [4.69, 9.17) is 9.68 Å². The molecule has 18 heavy (non-hydrogen) atoms. The second kappa shape index (κ2) is 4.49. The lowest BCUT2D eigenvalue weighted by Gasteiger charge is -2.22. The molecule has 0 N–H and O–H groups in total. The van der Waals surface area contributed by atoms with Crippen LogP contribution in [0.4, 0.5) is 5.82 Å². The Morgan fingerprint density at radius 2 is 2.22 bits per heavy atom. The average molecular weight is 240 g/mol. The van der Waals surface area contributed by atoms with Gasteiger partial charge in [-0.1, -0.05) is 0 Å². The van der Waals surface area contributed by atoms with E-state index in [1.807, 2.05) is 12.1 Å². The maximum atomic E-state index is 9.09. The first-order chi connectivity index (χ1) is 8.88. The molecule has 2 aromatic heterocycles. The molecule has 2 aromatic rings. The first-order valence-electron chi connectivity index (χ1n) is 5.88. The molecule has 0 bridgehead atoms. The Kier molecular flexibility index (Phi) is 2.69. The minimum Gasteiger partial charge on any atom is -0.467 e. The number of nitriles is 1. The van der Waals surface area contributed by atoms with Gasteiger partial charge in [-0.15, -0.1) is 0 Å². The van der Waals surface area contributed by atoms with Gasteiger partial charge in [0.25, 0.3) is 0 Å². The van der Waals surface area contributed by atoms with E-state index in [0.717, 1.165) is 18.6 Å². The van der Waals surface area contributed by atoms with E-state index in [1.54, 1.807) is 18.7 Å². The van der Waals surface area contributed by atoms with Crippen molar-refractivity contribution in [2.75, 3.05) is 4.90 Å². The van der Waals surface area contributed by atoms with Gasteiger partial charge in [0.2, 0.25) is 0 Å². The standard InChI is InChI=1S/C13H12N4O/c14-8-12-13(16-6-5-15-12)17(10-3-4-10)9-11-2-1-7-18-11/h1-2,5-7,10H,3-4,9H2. The number of aromatic nitrogens is 2. The van der Waals surface area contributed by atoms with Crippen molar-refractivity contribution in [2.24, 2.45) is 0 Å². The summed E-state index contributed by atoms with van der Waals surface area (Å²) in [6.07, 6.45) is 7.07. The quantitative estimate of drug-likeness (QED) is 0.818. The highest BCUT2D eigenvalue weighted by molar-refractivity contribution is 5.51. The van der Waals surface area contributed by atoms with Crippen LogP contribution in [0.15, 0.2) is 35.2 Å². The van der Waals surface area contributed by atoms with Crippen molar-refractivity contribution in [3.8, 4) is 6.07 Å². The van der Waals surface area contributed by atoms with Crippen LogP contribution in [0, 0.1) is 11.3 Å². The van der Waals surface area contributed by atoms with Crippen LogP contribution in [0.2, 0.25) is 0 Å². The molecule has 5 heteroatoms. The summed E-state index contributed by atoms with van der Waals surface area (Å²) in [4.78, 5) is 10.5. The number of hydrogen-bond acceptors (Lipinski definition) is 5. The molecule has 0 unspecified atom stereocenters. The molecule has 0 amide bonds. The summed E-state index contributed by atoms with van der Waals surface area (Å²) in [6, 6.07) is 6.33. The molecule has 1 fully saturated rings. The fourth-order valence-corrected chi connectivity index (χ4v) is 1.95. The maximum absolute atomic E-state index is 9.09. The van der Waals surface area contributed by atoms with Gasteiger partial charge in [-0.2, -0.15) is 5.26 Å². The van der Waals surface area contributed by atoms with Gasteiger partial charge >= 0.3 is 0 Å². The molecule has 1 aliphatic carbocycles. The summed E-state index contributed by atoms with van der Waals surface area (Å²) in [5.74, 6) is 1.52. The van der Waals surface area contributed by atoms with Crippen molar-refractivity contribution in [3.05, 3.63) is 42.2 Å². The number of rotatable bonds is 4. The molecular weight excluding hydrogens is 228 g/mol. The summed E-state index contributed by atoms with van der Waals surface area (Å²) in [6.45, 7) is 0.630. The lowest BCUT2D eigenvalue weighted by atomic mass is 10.3. The van der Waals surface area contributed by atoms with Crippen molar-refractivity contribution in [1.29, 1.82) is 5.26 Å². The van der Waals surface area contributed by atoms with Crippen molar-refractivity contribution in [1.82, 2.24) is 9.97 Å². The van der Waals surface area contributed by atoms with Crippen LogP contribution in [0.1, 0.15) is 24.3 Å². The molecule has 3 rings (SSSR count). The summed E-state index contributed by atoms with van der Waals surface area (Å²) < 4.78 is 5.36. The fourth-order valence-electron chi connectivity index (χ4n) is 1.95. The van der Waals surface area contributed by atoms with Gasteiger partial charge in [0.15, 0.2) is 11.5 Å². The van der Waals surface area contributed by atoms with E-state index < -0.39 is 0 Å². The highest BCUT2D eigenvalue weighted by Crippen LogP contribution is 2.33. The smallest absolute Gasteiger partial charge is 0.183 e. The summed E-state index contributed by atoms with van der Waals surface area (Å²) >= 11 is 0. The molecule has 0 aromatic carbocycles. The van der Waals surface area contributed by atoms with Gasteiger partial charge in [0, 0.05) is 18.4 Å². The number of furan rings is 1. The van der Waals surface area contributed by atoms with Crippen LogP contribution in [0.25, 0.3) is 0 Å². The molecule has 5 nitrogen and oxygen atoms in total. The average Bonchev–Trinajstić information content (AvgIpc) is 3.13. The molecule has 2 heterocycles. The molecule has 1 aliphatic rings. The molecule has 0 aliphatic heterocycles. The van der Waals surface area contributed by atoms with Gasteiger partial charge in [0.05, 0.1) is 12.8 Å². The van der Waals surface area contributed by atoms with E-state index in [0.29, 0.717) is 24.1 Å². The summed E-state index contributed by atoms with van der Waals surface area (Å²) in [5.41, 5.74) is 0.371. The molecule has 0 atom stereocenters. The monoisotopic (exact) mass is 240 g/mol. The predicted octanol–water partition coefficient (Wildman–Crippen LogP) is 2.11. The lowest BCUT2D eigenvalue weighted by Crippen LogP contribution is -2.27. The predicted molar refractivity (Wildman–Crippen MR) is 64.7 cm³/mol. The third kappa shape index (κ3) is 2.05. The first kappa shape index (κ1) is 10.8. The van der Waals surface area contributed by atoms with Crippen molar-refractivity contribution >= 4 is 5.82 Å². The van der Waals surface area contributed by atoms with Gasteiger partial charge in [-0.05, 0) is 25.0 Å². The van der Waals surface area contributed by atoms with Crippen molar-refractivity contribution in [2.45, 2.75) is 25.4 Å². The highest BCUT2D eigenvalue weighted by atomic mass is 16.3. The van der Waals surface area contributed by atoms with Gasteiger partial charge in [-0.25, -0.2) is 9.97 Å². The lowest BCUT2D eigenvalue weighted by molar-refractivity contribution is 0.500. The fraction of sp³-hybridized carbons (Fsp3) is 0.308. The molecule has 0 radical (unpaired) electrons. The SMILES string of the molecule is N#Cc1nccnc1N(Cc1ccco1)C1CC1. The topological polar surface area (TPSA) is 66.0 Å². The van der Waals surface area contributed by atoms with Gasteiger partial charge in [0.1, 0.15) is 11.8 Å². The summed E-state index contributed by atoms with van der Waals surface area (Å²) in [5, 5.41) is 9.09. The summed E-state index contributed by atoms with van der Waals surface area (Å²) in [7, 11) is 0. The molecule has 90 valence electrons. The third-order valence-electron chi connectivity index (χ3n) is 2.95. The number of hydrogen-bond donors (Lipinski definition) is 0. The van der Waals surface area contributed by atoms with E-state index in [-0.39, 0.29) is 0 Å². The van der Waals surface area contributed by atoms with Crippen molar-refractivity contribution in [3.63, 3.8) is 0 Å². The largest absolute Gasteiger partial charge is 0.467 e. The molecule has 0 spiro atoms. The molecule has 0 saturated heterocycles. The Hall–Kier alpha value is -2.35. The maximum Gasteiger partial charge on any atom is 0.183 e. The van der Waals surface area contributed by atoms with E-state index in [1.165, 1.54) is 0 Å². The van der Waals surface area contributed by atoms with Crippen LogP contribution in [0.3, 0.4) is 0 Å². The highest BCUT2D eigenvalue weighted by Gasteiger charge is 2.32. The Morgan fingerprint density at radius 1 is 1.39 bits per heavy atom. The Balaban J connectivity index is 1.92. The van der Waals surface area contributed by atoms with E-state index in [9.17, 15) is 0 Å². The number of nitrogens with zero attached hydrogens (tertiary/aromatic N) is 4.